The number of amides is 1. The molecule has 0 spiro atoms. The Kier molecular flexibility index (Phi) is 6.26. The van der Waals surface area contributed by atoms with Crippen molar-refractivity contribution in [2.24, 2.45) is 5.92 Å². The Balaban J connectivity index is 1.38. The Hall–Kier alpha value is -2.63. The summed E-state index contributed by atoms with van der Waals surface area (Å²) in [6.07, 6.45) is 7.08. The van der Waals surface area contributed by atoms with Gasteiger partial charge in [-0.3, -0.25) is 14.2 Å². The van der Waals surface area contributed by atoms with Gasteiger partial charge in [0.2, 0.25) is 5.91 Å². The highest BCUT2D eigenvalue weighted by Crippen LogP contribution is 2.39. The third-order valence-corrected chi connectivity index (χ3v) is 8.80. The molecule has 1 saturated carbocycles. The Labute approximate surface area is 201 Å². The lowest BCUT2D eigenvalue weighted by molar-refractivity contribution is -0.113. The Morgan fingerprint density at radius 3 is 2.88 bits per heavy atom. The van der Waals surface area contributed by atoms with Crippen LogP contribution in [-0.4, -0.2) is 21.2 Å². The monoisotopic (exact) mass is 478 g/mol. The van der Waals surface area contributed by atoms with Crippen LogP contribution in [0.4, 0.5) is 5.00 Å². The molecule has 0 bridgehead atoms. The molecule has 2 aliphatic carbocycles. The molecule has 1 atom stereocenters. The highest BCUT2D eigenvalue weighted by Gasteiger charge is 2.26. The summed E-state index contributed by atoms with van der Waals surface area (Å²) in [6, 6.07) is 9.83. The Morgan fingerprint density at radius 1 is 1.30 bits per heavy atom. The van der Waals surface area contributed by atoms with Gasteiger partial charge in [-0.2, -0.15) is 5.26 Å². The van der Waals surface area contributed by atoms with Crippen LogP contribution in [0.2, 0.25) is 0 Å². The minimum atomic E-state index is -0.177. The van der Waals surface area contributed by atoms with E-state index in [1.54, 1.807) is 4.57 Å². The van der Waals surface area contributed by atoms with Crippen molar-refractivity contribution in [1.29, 1.82) is 5.26 Å². The number of thiophene rings is 1. The number of fused-ring (bicyclic) bond motifs is 2. The Morgan fingerprint density at radius 2 is 2.09 bits per heavy atom. The molecule has 5 rings (SSSR count). The van der Waals surface area contributed by atoms with Gasteiger partial charge in [0.1, 0.15) is 11.1 Å². The molecule has 1 fully saturated rings. The lowest BCUT2D eigenvalue weighted by atomic mass is 9.89. The fourth-order valence-electron chi connectivity index (χ4n) is 4.96. The number of thioether (sulfide) groups is 1. The van der Waals surface area contributed by atoms with Gasteiger partial charge in [0.05, 0.1) is 22.2 Å². The molecule has 1 N–H and O–H groups in total. The van der Waals surface area contributed by atoms with Gasteiger partial charge in [0, 0.05) is 10.9 Å². The molecule has 0 radical (unpaired) electrons. The molecule has 0 aliphatic heterocycles. The van der Waals surface area contributed by atoms with Gasteiger partial charge in [-0.1, -0.05) is 43.7 Å². The van der Waals surface area contributed by atoms with E-state index >= 15 is 0 Å². The van der Waals surface area contributed by atoms with Gasteiger partial charge in [-0.25, -0.2) is 4.98 Å². The highest BCUT2D eigenvalue weighted by atomic mass is 32.2. The van der Waals surface area contributed by atoms with E-state index in [-0.39, 0.29) is 23.3 Å². The number of carbonyl (C=O) groups is 1. The summed E-state index contributed by atoms with van der Waals surface area (Å²) < 4.78 is 1.80. The average Bonchev–Trinajstić information content (AvgIpc) is 3.45. The minimum Gasteiger partial charge on any atom is -0.316 e. The number of anilines is 1. The number of carbonyl (C=O) groups excluding carboxylic acids is 1. The van der Waals surface area contributed by atoms with Crippen molar-refractivity contribution >= 4 is 44.9 Å². The summed E-state index contributed by atoms with van der Waals surface area (Å²) in [6.45, 7) is 2.23. The summed E-state index contributed by atoms with van der Waals surface area (Å²) in [5.41, 5.74) is 2.36. The van der Waals surface area contributed by atoms with Crippen LogP contribution in [0.15, 0.2) is 34.2 Å². The smallest absolute Gasteiger partial charge is 0.262 e. The van der Waals surface area contributed by atoms with Gasteiger partial charge < -0.3 is 5.32 Å². The molecular weight excluding hydrogens is 452 g/mol. The third kappa shape index (κ3) is 4.32. The van der Waals surface area contributed by atoms with Crippen LogP contribution in [-0.2, 0) is 17.6 Å². The molecule has 8 heteroatoms. The van der Waals surface area contributed by atoms with E-state index in [2.05, 4.69) is 18.3 Å². The molecule has 0 saturated heterocycles. The number of hydrogen-bond acceptors (Lipinski definition) is 6. The predicted octanol–water partition coefficient (Wildman–Crippen LogP) is 5.30. The van der Waals surface area contributed by atoms with Gasteiger partial charge in [0.15, 0.2) is 5.16 Å². The molecule has 170 valence electrons. The molecule has 1 unspecified atom stereocenters. The zero-order valence-corrected chi connectivity index (χ0v) is 20.2. The summed E-state index contributed by atoms with van der Waals surface area (Å²) in [4.78, 5) is 32.1. The topological polar surface area (TPSA) is 87.8 Å². The van der Waals surface area contributed by atoms with Crippen LogP contribution in [0.5, 0.6) is 0 Å². The molecule has 2 heterocycles. The lowest BCUT2D eigenvalue weighted by Crippen LogP contribution is -2.27. The number of nitrogens with one attached hydrogen (secondary N) is 1. The standard InChI is InChI=1S/C25H26N4O2S2/c1-15-10-11-17-19(13-26)23(33-21(17)12-15)28-22(30)14-32-25-27-20-9-5-4-8-18(20)24(31)29(25)16-6-2-3-7-16/h4-5,8-9,15-16H,2-3,6-7,10-12,14H2,1H3,(H,28,30). The van der Waals surface area contributed by atoms with Crippen molar-refractivity contribution in [3.8, 4) is 6.07 Å². The fraction of sp³-hybridized carbons (Fsp3) is 0.440. The quantitative estimate of drug-likeness (QED) is 0.397. The predicted molar refractivity (Wildman–Crippen MR) is 133 cm³/mol. The third-order valence-electron chi connectivity index (χ3n) is 6.67. The van der Waals surface area contributed by atoms with Crippen LogP contribution < -0.4 is 10.9 Å². The molecule has 2 aromatic heterocycles. The van der Waals surface area contributed by atoms with E-state index in [4.69, 9.17) is 4.98 Å². The van der Waals surface area contributed by atoms with Crippen LogP contribution >= 0.6 is 23.1 Å². The largest absolute Gasteiger partial charge is 0.316 e. The van der Waals surface area contributed by atoms with E-state index in [1.165, 1.54) is 28.0 Å². The second kappa shape index (κ2) is 9.32. The summed E-state index contributed by atoms with van der Waals surface area (Å²) in [5.74, 6) is 0.568. The van der Waals surface area contributed by atoms with Crippen LogP contribution in [0, 0.1) is 17.2 Å². The van der Waals surface area contributed by atoms with E-state index in [9.17, 15) is 14.9 Å². The van der Waals surface area contributed by atoms with E-state index in [1.807, 2.05) is 24.3 Å². The lowest BCUT2D eigenvalue weighted by Gasteiger charge is -2.18. The second-order valence-electron chi connectivity index (χ2n) is 9.03. The van der Waals surface area contributed by atoms with Crippen LogP contribution in [0.25, 0.3) is 10.9 Å². The molecule has 3 aromatic rings. The van der Waals surface area contributed by atoms with Crippen molar-refractivity contribution in [1.82, 2.24) is 9.55 Å². The van der Waals surface area contributed by atoms with Crippen LogP contribution in [0.1, 0.15) is 61.1 Å². The molecular formula is C25H26N4O2S2. The maximum Gasteiger partial charge on any atom is 0.262 e. The fourth-order valence-corrected chi connectivity index (χ4v) is 7.21. The highest BCUT2D eigenvalue weighted by molar-refractivity contribution is 7.99. The number of hydrogen-bond donors (Lipinski definition) is 1. The molecule has 33 heavy (non-hydrogen) atoms. The number of nitrogens with zero attached hydrogens (tertiary/aromatic N) is 3. The minimum absolute atomic E-state index is 0.0257. The second-order valence-corrected chi connectivity index (χ2v) is 11.1. The number of para-hydroxylation sites is 1. The summed E-state index contributed by atoms with van der Waals surface area (Å²) in [7, 11) is 0. The van der Waals surface area contributed by atoms with E-state index in [0.717, 1.165) is 50.5 Å². The molecule has 1 aromatic carbocycles. The maximum atomic E-state index is 13.3. The number of rotatable bonds is 5. The van der Waals surface area contributed by atoms with Gasteiger partial charge >= 0.3 is 0 Å². The van der Waals surface area contributed by atoms with Crippen molar-refractivity contribution in [3.05, 3.63) is 50.6 Å². The molecule has 2 aliphatic rings. The van der Waals surface area contributed by atoms with Crippen molar-refractivity contribution < 1.29 is 4.79 Å². The van der Waals surface area contributed by atoms with Gasteiger partial charge in [0.25, 0.3) is 5.56 Å². The zero-order valence-electron chi connectivity index (χ0n) is 18.6. The summed E-state index contributed by atoms with van der Waals surface area (Å²) >= 11 is 2.83. The van der Waals surface area contributed by atoms with E-state index < -0.39 is 0 Å². The normalized spacial score (nSPS) is 18.2. The van der Waals surface area contributed by atoms with Crippen molar-refractivity contribution in [2.75, 3.05) is 11.1 Å². The first-order chi connectivity index (χ1) is 16.0. The Bertz CT molecular complexity index is 1310. The maximum absolute atomic E-state index is 13.3. The number of nitriles is 1. The van der Waals surface area contributed by atoms with Crippen molar-refractivity contribution in [2.45, 2.75) is 63.1 Å². The first-order valence-electron chi connectivity index (χ1n) is 11.5. The van der Waals surface area contributed by atoms with Crippen LogP contribution in [0.3, 0.4) is 0 Å². The zero-order chi connectivity index (χ0) is 22.9. The average molecular weight is 479 g/mol. The first-order valence-corrected chi connectivity index (χ1v) is 13.3. The first kappa shape index (κ1) is 22.2. The number of benzene rings is 1. The SMILES string of the molecule is CC1CCc2c(sc(NC(=O)CSc3nc4ccccc4c(=O)n3C3CCCC3)c2C#N)C1. The molecule has 6 nitrogen and oxygen atoms in total. The summed E-state index contributed by atoms with van der Waals surface area (Å²) in [5, 5.41) is 14.5. The van der Waals surface area contributed by atoms with Gasteiger partial charge in [-0.05, 0) is 55.7 Å². The molecule has 1 amide bonds. The number of aromatic nitrogens is 2. The van der Waals surface area contributed by atoms with E-state index in [0.29, 0.717) is 32.5 Å². The van der Waals surface area contributed by atoms with Crippen molar-refractivity contribution in [3.63, 3.8) is 0 Å². The van der Waals surface area contributed by atoms with Gasteiger partial charge in [-0.15, -0.1) is 11.3 Å².